The molecule has 0 aliphatic carbocycles. The van der Waals surface area contributed by atoms with Gasteiger partial charge in [-0.15, -0.1) is 5.10 Å². The maximum Gasteiger partial charge on any atom is 0.256 e. The second-order valence-corrected chi connectivity index (χ2v) is 4.70. The average molecular weight is 265 g/mol. The van der Waals surface area contributed by atoms with Crippen molar-refractivity contribution in [1.82, 2.24) is 15.0 Å². The van der Waals surface area contributed by atoms with Gasteiger partial charge in [0, 0.05) is 0 Å². The molecule has 3 rings (SSSR count). The van der Waals surface area contributed by atoms with Crippen molar-refractivity contribution in [1.29, 1.82) is 0 Å². The van der Waals surface area contributed by atoms with E-state index >= 15 is 0 Å². The molecule has 0 bridgehead atoms. The molecule has 4 nitrogen and oxygen atoms in total. The van der Waals surface area contributed by atoms with Gasteiger partial charge < -0.3 is 0 Å². The Morgan fingerprint density at radius 1 is 1.10 bits per heavy atom. The molecule has 0 amide bonds. The van der Waals surface area contributed by atoms with E-state index < -0.39 is 0 Å². The molecular weight excluding hydrogens is 250 g/mol. The smallest absolute Gasteiger partial charge is 0.256 e. The SMILES string of the molecule is CCC(C(=O)n1nnc2ccccc21)c1ccccc1. The first-order chi connectivity index (χ1) is 9.81. The summed E-state index contributed by atoms with van der Waals surface area (Å²) in [5, 5.41) is 8.05. The van der Waals surface area contributed by atoms with Crippen LogP contribution in [-0.4, -0.2) is 20.9 Å². The zero-order chi connectivity index (χ0) is 13.9. The Balaban J connectivity index is 2.03. The molecule has 0 aliphatic heterocycles. The molecule has 1 atom stereocenters. The van der Waals surface area contributed by atoms with Crippen molar-refractivity contribution in [3.05, 3.63) is 60.2 Å². The van der Waals surface area contributed by atoms with Crippen LogP contribution in [0.1, 0.15) is 29.6 Å². The van der Waals surface area contributed by atoms with Gasteiger partial charge in [-0.3, -0.25) is 4.79 Å². The van der Waals surface area contributed by atoms with E-state index in [1.807, 2.05) is 61.5 Å². The number of nitrogens with zero attached hydrogens (tertiary/aromatic N) is 3. The predicted molar refractivity (Wildman–Crippen MR) is 77.6 cm³/mol. The Bertz CT molecular complexity index is 734. The molecule has 0 N–H and O–H groups in total. The maximum absolute atomic E-state index is 12.7. The third kappa shape index (κ3) is 2.09. The molecule has 1 heterocycles. The molecule has 1 aromatic heterocycles. The minimum Gasteiger partial charge on any atom is -0.272 e. The fourth-order valence-electron chi connectivity index (χ4n) is 2.42. The monoisotopic (exact) mass is 265 g/mol. The second kappa shape index (κ2) is 5.25. The van der Waals surface area contributed by atoms with Crippen molar-refractivity contribution in [3.63, 3.8) is 0 Å². The summed E-state index contributed by atoms with van der Waals surface area (Å²) in [4.78, 5) is 12.7. The number of hydrogen-bond donors (Lipinski definition) is 0. The molecular formula is C16H15N3O. The van der Waals surface area contributed by atoms with Crippen molar-refractivity contribution in [2.24, 2.45) is 0 Å². The van der Waals surface area contributed by atoms with Crippen LogP contribution in [0.5, 0.6) is 0 Å². The molecule has 2 aromatic carbocycles. The lowest BCUT2D eigenvalue weighted by atomic mass is 9.96. The van der Waals surface area contributed by atoms with Gasteiger partial charge in [0.25, 0.3) is 5.91 Å². The fourth-order valence-corrected chi connectivity index (χ4v) is 2.42. The zero-order valence-electron chi connectivity index (χ0n) is 11.2. The molecule has 0 aliphatic rings. The maximum atomic E-state index is 12.7. The molecule has 0 saturated heterocycles. The van der Waals surface area contributed by atoms with E-state index in [9.17, 15) is 4.79 Å². The van der Waals surface area contributed by atoms with Gasteiger partial charge in [0.2, 0.25) is 0 Å². The molecule has 3 aromatic rings. The quantitative estimate of drug-likeness (QED) is 0.730. The number of rotatable bonds is 3. The summed E-state index contributed by atoms with van der Waals surface area (Å²) in [6.07, 6.45) is 0.733. The summed E-state index contributed by atoms with van der Waals surface area (Å²) in [5.41, 5.74) is 2.51. The van der Waals surface area contributed by atoms with E-state index in [4.69, 9.17) is 0 Å². The average Bonchev–Trinajstić information content (AvgIpc) is 2.93. The van der Waals surface area contributed by atoms with Crippen molar-refractivity contribution in [2.45, 2.75) is 19.3 Å². The van der Waals surface area contributed by atoms with E-state index in [0.717, 1.165) is 23.0 Å². The Morgan fingerprint density at radius 3 is 2.55 bits per heavy atom. The van der Waals surface area contributed by atoms with Gasteiger partial charge in [0.15, 0.2) is 0 Å². The lowest BCUT2D eigenvalue weighted by Crippen LogP contribution is -2.21. The Labute approximate surface area is 117 Å². The molecule has 20 heavy (non-hydrogen) atoms. The number of carbonyl (C=O) groups excluding carboxylic acids is 1. The first-order valence-electron chi connectivity index (χ1n) is 6.71. The van der Waals surface area contributed by atoms with Crippen LogP contribution < -0.4 is 0 Å². The van der Waals surface area contributed by atoms with E-state index in [1.165, 1.54) is 4.68 Å². The first-order valence-corrected chi connectivity index (χ1v) is 6.71. The van der Waals surface area contributed by atoms with Crippen LogP contribution >= 0.6 is 0 Å². The van der Waals surface area contributed by atoms with Gasteiger partial charge in [-0.05, 0) is 24.1 Å². The minimum atomic E-state index is -0.193. The molecule has 4 heteroatoms. The summed E-state index contributed by atoms with van der Waals surface area (Å²) >= 11 is 0. The zero-order valence-corrected chi connectivity index (χ0v) is 11.2. The number of carbonyl (C=O) groups is 1. The number of benzene rings is 2. The molecule has 0 spiro atoms. The summed E-state index contributed by atoms with van der Waals surface area (Å²) in [7, 11) is 0. The van der Waals surface area contributed by atoms with E-state index in [2.05, 4.69) is 10.3 Å². The standard InChI is InChI=1S/C16H15N3O/c1-2-13(12-8-4-3-5-9-12)16(20)19-15-11-7-6-10-14(15)17-18-19/h3-11,13H,2H2,1H3. The van der Waals surface area contributed by atoms with Crippen LogP contribution in [0.25, 0.3) is 11.0 Å². The van der Waals surface area contributed by atoms with Crippen LogP contribution in [0.4, 0.5) is 0 Å². The highest BCUT2D eigenvalue weighted by Gasteiger charge is 2.22. The normalized spacial score (nSPS) is 12.4. The van der Waals surface area contributed by atoms with Gasteiger partial charge in [-0.1, -0.05) is 54.6 Å². The van der Waals surface area contributed by atoms with E-state index in [1.54, 1.807) is 0 Å². The van der Waals surface area contributed by atoms with Crippen LogP contribution in [0, 0.1) is 0 Å². The van der Waals surface area contributed by atoms with Crippen molar-refractivity contribution >= 4 is 16.9 Å². The van der Waals surface area contributed by atoms with E-state index in [0.29, 0.717) is 0 Å². The lowest BCUT2D eigenvalue weighted by Gasteiger charge is -2.13. The first kappa shape index (κ1) is 12.5. The van der Waals surface area contributed by atoms with Gasteiger partial charge in [0.05, 0.1) is 11.4 Å². The highest BCUT2D eigenvalue weighted by Crippen LogP contribution is 2.22. The van der Waals surface area contributed by atoms with Crippen LogP contribution in [-0.2, 0) is 0 Å². The summed E-state index contributed by atoms with van der Waals surface area (Å²) in [5.74, 6) is -0.228. The topological polar surface area (TPSA) is 47.8 Å². The number of fused-ring (bicyclic) bond motifs is 1. The summed E-state index contributed by atoms with van der Waals surface area (Å²) in [6, 6.07) is 17.3. The third-order valence-corrected chi connectivity index (χ3v) is 3.47. The lowest BCUT2D eigenvalue weighted by molar-refractivity contribution is 0.0862. The summed E-state index contributed by atoms with van der Waals surface area (Å²) < 4.78 is 1.41. The molecule has 1 unspecified atom stereocenters. The highest BCUT2D eigenvalue weighted by atomic mass is 16.2. The fraction of sp³-hybridized carbons (Fsp3) is 0.188. The Morgan fingerprint density at radius 2 is 1.80 bits per heavy atom. The molecule has 0 radical (unpaired) electrons. The van der Waals surface area contributed by atoms with Crippen LogP contribution in [0.3, 0.4) is 0 Å². The summed E-state index contributed by atoms with van der Waals surface area (Å²) in [6.45, 7) is 2.01. The van der Waals surface area contributed by atoms with Crippen LogP contribution in [0.2, 0.25) is 0 Å². The number of para-hydroxylation sites is 1. The Hall–Kier alpha value is -2.49. The molecule has 0 saturated carbocycles. The number of hydrogen-bond acceptors (Lipinski definition) is 3. The van der Waals surface area contributed by atoms with Crippen LogP contribution in [0.15, 0.2) is 54.6 Å². The van der Waals surface area contributed by atoms with E-state index in [-0.39, 0.29) is 11.8 Å². The molecule has 100 valence electrons. The van der Waals surface area contributed by atoms with Crippen molar-refractivity contribution in [3.8, 4) is 0 Å². The van der Waals surface area contributed by atoms with Gasteiger partial charge >= 0.3 is 0 Å². The largest absolute Gasteiger partial charge is 0.272 e. The Kier molecular flexibility index (Phi) is 3.29. The second-order valence-electron chi connectivity index (χ2n) is 4.70. The van der Waals surface area contributed by atoms with Crippen molar-refractivity contribution < 1.29 is 4.79 Å². The predicted octanol–water partition coefficient (Wildman–Crippen LogP) is 3.27. The highest BCUT2D eigenvalue weighted by molar-refractivity contribution is 5.92. The van der Waals surface area contributed by atoms with Gasteiger partial charge in [-0.2, -0.15) is 4.68 Å². The molecule has 0 fully saturated rings. The number of aromatic nitrogens is 3. The van der Waals surface area contributed by atoms with Gasteiger partial charge in [0.1, 0.15) is 5.52 Å². The third-order valence-electron chi connectivity index (χ3n) is 3.47. The van der Waals surface area contributed by atoms with Gasteiger partial charge in [-0.25, -0.2) is 0 Å². The van der Waals surface area contributed by atoms with Crippen molar-refractivity contribution in [2.75, 3.05) is 0 Å². The minimum absolute atomic E-state index is 0.0348.